The fourth-order valence-electron chi connectivity index (χ4n) is 3.15. The summed E-state index contributed by atoms with van der Waals surface area (Å²) in [6.45, 7) is 5.54. The van der Waals surface area contributed by atoms with E-state index in [0.29, 0.717) is 12.8 Å². The second kappa shape index (κ2) is 6.74. The van der Waals surface area contributed by atoms with Crippen LogP contribution in [0.2, 0.25) is 0 Å². The number of nitrogens with one attached hydrogen (secondary N) is 2. The Morgan fingerprint density at radius 1 is 1.05 bits per heavy atom. The van der Waals surface area contributed by atoms with Gasteiger partial charge in [0.15, 0.2) is 0 Å². The molecule has 0 spiro atoms. The molecule has 6 nitrogen and oxygen atoms in total. The highest BCUT2D eigenvalue weighted by atomic mass is 32.2. The van der Waals surface area contributed by atoms with Crippen molar-refractivity contribution in [2.75, 3.05) is 11.5 Å². The Morgan fingerprint density at radius 3 is 2.23 bits per heavy atom. The van der Waals surface area contributed by atoms with Gasteiger partial charge in [0.05, 0.1) is 11.5 Å². The van der Waals surface area contributed by atoms with Crippen molar-refractivity contribution in [3.63, 3.8) is 0 Å². The van der Waals surface area contributed by atoms with Crippen LogP contribution >= 0.6 is 0 Å². The van der Waals surface area contributed by atoms with Crippen molar-refractivity contribution in [3.8, 4) is 0 Å². The molecule has 1 aliphatic heterocycles. The van der Waals surface area contributed by atoms with Crippen LogP contribution in [0.3, 0.4) is 0 Å². The maximum Gasteiger partial charge on any atom is 0.407 e. The highest BCUT2D eigenvalue weighted by molar-refractivity contribution is 7.91. The van der Waals surface area contributed by atoms with Crippen LogP contribution in [0.1, 0.15) is 52.9 Å². The van der Waals surface area contributed by atoms with E-state index < -0.39 is 15.4 Å². The zero-order valence-electron chi connectivity index (χ0n) is 13.7. The van der Waals surface area contributed by atoms with Gasteiger partial charge in [0.2, 0.25) is 0 Å². The first-order valence-electron chi connectivity index (χ1n) is 8.11. The van der Waals surface area contributed by atoms with Crippen molar-refractivity contribution in [2.45, 2.75) is 76.6 Å². The van der Waals surface area contributed by atoms with Gasteiger partial charge in [-0.2, -0.15) is 0 Å². The maximum absolute atomic E-state index is 11.9. The molecule has 2 aliphatic rings. The molecule has 0 radical (unpaired) electrons. The zero-order valence-corrected chi connectivity index (χ0v) is 14.5. The van der Waals surface area contributed by atoms with Crippen molar-refractivity contribution in [1.82, 2.24) is 10.6 Å². The Hall–Kier alpha value is -0.820. The molecule has 1 heterocycles. The molecule has 22 heavy (non-hydrogen) atoms. The van der Waals surface area contributed by atoms with Gasteiger partial charge in [-0.25, -0.2) is 13.2 Å². The first kappa shape index (κ1) is 17.5. The van der Waals surface area contributed by atoms with Gasteiger partial charge in [-0.1, -0.05) is 0 Å². The van der Waals surface area contributed by atoms with Crippen molar-refractivity contribution in [1.29, 1.82) is 0 Å². The summed E-state index contributed by atoms with van der Waals surface area (Å²) in [5.74, 6) is 0.531. The van der Waals surface area contributed by atoms with Crippen molar-refractivity contribution >= 4 is 15.9 Å². The van der Waals surface area contributed by atoms with Gasteiger partial charge in [0.25, 0.3) is 0 Å². The number of hydrogen-bond donors (Lipinski definition) is 2. The lowest BCUT2D eigenvalue weighted by Crippen LogP contribution is -2.52. The van der Waals surface area contributed by atoms with Crippen LogP contribution in [0.25, 0.3) is 0 Å². The molecule has 1 saturated heterocycles. The second-order valence-corrected chi connectivity index (χ2v) is 9.69. The summed E-state index contributed by atoms with van der Waals surface area (Å²) >= 11 is 0. The fraction of sp³-hybridized carbons (Fsp3) is 0.933. The van der Waals surface area contributed by atoms with E-state index in [1.165, 1.54) is 0 Å². The Bertz CT molecular complexity index is 484. The molecule has 0 aromatic heterocycles. The molecular weight excluding hydrogens is 304 g/mol. The quantitative estimate of drug-likeness (QED) is 0.820. The van der Waals surface area contributed by atoms with Gasteiger partial charge < -0.3 is 15.4 Å². The van der Waals surface area contributed by atoms with Gasteiger partial charge in [0.1, 0.15) is 15.4 Å². The van der Waals surface area contributed by atoms with E-state index in [2.05, 4.69) is 10.6 Å². The summed E-state index contributed by atoms with van der Waals surface area (Å²) in [6.07, 6.45) is 3.95. The molecule has 2 fully saturated rings. The number of ether oxygens (including phenoxy) is 1. The monoisotopic (exact) mass is 332 g/mol. The summed E-state index contributed by atoms with van der Waals surface area (Å²) in [4.78, 5) is 11.9. The van der Waals surface area contributed by atoms with Crippen LogP contribution in [-0.2, 0) is 14.6 Å². The summed E-state index contributed by atoms with van der Waals surface area (Å²) in [6, 6.07) is 0.501. The molecule has 2 rings (SSSR count). The minimum Gasteiger partial charge on any atom is -0.444 e. The first-order chi connectivity index (χ1) is 10.1. The number of carbonyl (C=O) groups is 1. The molecule has 0 bridgehead atoms. The third-order valence-electron chi connectivity index (χ3n) is 4.22. The Labute approximate surface area is 133 Å². The third kappa shape index (κ3) is 5.43. The maximum atomic E-state index is 11.9. The molecule has 0 aromatic rings. The number of carbonyl (C=O) groups excluding carboxylic acids is 1. The van der Waals surface area contributed by atoms with Crippen molar-refractivity contribution in [2.24, 2.45) is 0 Å². The topological polar surface area (TPSA) is 84.5 Å². The SMILES string of the molecule is CC(C)(C)OC(=O)NC1CCCC1NC1CCS(=O)(=O)CC1. The van der Waals surface area contributed by atoms with E-state index in [1.54, 1.807) is 0 Å². The molecule has 2 unspecified atom stereocenters. The highest BCUT2D eigenvalue weighted by Crippen LogP contribution is 2.22. The number of alkyl carbamates (subject to hydrolysis) is 1. The smallest absolute Gasteiger partial charge is 0.407 e. The fourth-order valence-corrected chi connectivity index (χ4v) is 4.64. The van der Waals surface area contributed by atoms with Crippen molar-refractivity contribution in [3.05, 3.63) is 0 Å². The van der Waals surface area contributed by atoms with Gasteiger partial charge in [-0.15, -0.1) is 0 Å². The molecule has 1 aliphatic carbocycles. The molecule has 2 N–H and O–H groups in total. The standard InChI is InChI=1S/C15H28N2O4S/c1-15(2,3)21-14(18)17-13-6-4-5-12(13)16-11-7-9-22(19,20)10-8-11/h11-13,16H,4-10H2,1-3H3,(H,17,18). The lowest BCUT2D eigenvalue weighted by atomic mass is 10.1. The van der Waals surface area contributed by atoms with Crippen LogP contribution in [0.4, 0.5) is 4.79 Å². The summed E-state index contributed by atoms with van der Waals surface area (Å²) in [7, 11) is -2.83. The van der Waals surface area contributed by atoms with Gasteiger partial charge in [0, 0.05) is 18.1 Å². The Kier molecular flexibility index (Phi) is 5.37. The molecule has 2 atom stereocenters. The number of hydrogen-bond acceptors (Lipinski definition) is 5. The van der Waals surface area contributed by atoms with Crippen LogP contribution < -0.4 is 10.6 Å². The van der Waals surface area contributed by atoms with E-state index in [0.717, 1.165) is 19.3 Å². The summed E-state index contributed by atoms with van der Waals surface area (Å²) < 4.78 is 28.3. The average molecular weight is 332 g/mol. The minimum atomic E-state index is -2.83. The van der Waals surface area contributed by atoms with Gasteiger partial charge in [-0.3, -0.25) is 0 Å². The number of sulfone groups is 1. The van der Waals surface area contributed by atoms with Gasteiger partial charge in [-0.05, 0) is 52.9 Å². The Balaban J connectivity index is 1.82. The van der Waals surface area contributed by atoms with Crippen LogP contribution in [-0.4, -0.2) is 49.7 Å². The predicted octanol–water partition coefficient (Wildman–Crippen LogP) is 1.60. The van der Waals surface area contributed by atoms with Gasteiger partial charge >= 0.3 is 6.09 Å². The molecule has 1 saturated carbocycles. The van der Waals surface area contributed by atoms with Crippen molar-refractivity contribution < 1.29 is 17.9 Å². The minimum absolute atomic E-state index is 0.0633. The Morgan fingerprint density at radius 2 is 1.64 bits per heavy atom. The molecule has 128 valence electrons. The average Bonchev–Trinajstić information content (AvgIpc) is 2.77. The first-order valence-corrected chi connectivity index (χ1v) is 9.93. The number of rotatable bonds is 3. The van der Waals surface area contributed by atoms with Crippen LogP contribution in [0.5, 0.6) is 0 Å². The number of amides is 1. The lowest BCUT2D eigenvalue weighted by Gasteiger charge is -2.30. The normalized spacial score (nSPS) is 29.2. The summed E-state index contributed by atoms with van der Waals surface area (Å²) in [5.41, 5.74) is -0.497. The van der Waals surface area contributed by atoms with E-state index in [1.807, 2.05) is 20.8 Å². The largest absolute Gasteiger partial charge is 0.444 e. The predicted molar refractivity (Wildman–Crippen MR) is 85.6 cm³/mol. The molecule has 7 heteroatoms. The second-order valence-electron chi connectivity index (χ2n) is 7.38. The van der Waals surface area contributed by atoms with Crippen LogP contribution in [0, 0.1) is 0 Å². The summed E-state index contributed by atoms with van der Waals surface area (Å²) in [5, 5.41) is 6.49. The van der Waals surface area contributed by atoms with Crippen LogP contribution in [0.15, 0.2) is 0 Å². The molecule has 0 aromatic carbocycles. The van der Waals surface area contributed by atoms with E-state index >= 15 is 0 Å². The lowest BCUT2D eigenvalue weighted by molar-refractivity contribution is 0.0496. The van der Waals surface area contributed by atoms with E-state index in [4.69, 9.17) is 4.74 Å². The zero-order chi connectivity index (χ0) is 16.4. The molecule has 1 amide bonds. The highest BCUT2D eigenvalue weighted by Gasteiger charge is 2.33. The third-order valence-corrected chi connectivity index (χ3v) is 5.94. The van der Waals surface area contributed by atoms with E-state index in [9.17, 15) is 13.2 Å². The van der Waals surface area contributed by atoms with E-state index in [-0.39, 0.29) is 35.7 Å². The molecular formula is C15H28N2O4S.